The van der Waals surface area contributed by atoms with E-state index in [-0.39, 0.29) is 4.88 Å². The van der Waals surface area contributed by atoms with E-state index in [1.807, 2.05) is 6.07 Å². The molecule has 0 amide bonds. The van der Waals surface area contributed by atoms with Gasteiger partial charge in [0, 0.05) is 25.2 Å². The van der Waals surface area contributed by atoms with Crippen LogP contribution in [0.5, 0.6) is 5.75 Å². The Kier molecular flexibility index (Phi) is 8.25. The molecular weight excluding hydrogens is 280 g/mol. The van der Waals surface area contributed by atoms with E-state index in [9.17, 15) is 4.79 Å². The van der Waals surface area contributed by atoms with E-state index < -0.39 is 5.97 Å². The van der Waals surface area contributed by atoms with Gasteiger partial charge in [0.2, 0.25) is 0 Å². The van der Waals surface area contributed by atoms with Crippen molar-refractivity contribution in [2.75, 3.05) is 33.5 Å². The Bertz CT molecular complexity index is 402. The van der Waals surface area contributed by atoms with Crippen LogP contribution in [0, 0.1) is 0 Å². The summed E-state index contributed by atoms with van der Waals surface area (Å²) in [5, 5.41) is 9.13. The zero-order chi connectivity index (χ0) is 14.8. The van der Waals surface area contributed by atoms with Gasteiger partial charge in [-0.15, -0.1) is 11.3 Å². The van der Waals surface area contributed by atoms with Gasteiger partial charge >= 0.3 is 5.97 Å². The van der Waals surface area contributed by atoms with Gasteiger partial charge in [-0.05, 0) is 18.9 Å². The van der Waals surface area contributed by atoms with Crippen LogP contribution in [0.25, 0.3) is 0 Å². The number of ether oxygens (including phenoxy) is 3. The van der Waals surface area contributed by atoms with Gasteiger partial charge in [-0.2, -0.15) is 0 Å². The molecule has 0 atom stereocenters. The Labute approximate surface area is 123 Å². The molecule has 1 N–H and O–H groups in total. The van der Waals surface area contributed by atoms with Crippen LogP contribution in [0.2, 0.25) is 0 Å². The predicted octanol–water partition coefficient (Wildman–Crippen LogP) is 2.83. The molecule has 0 aliphatic heterocycles. The van der Waals surface area contributed by atoms with Crippen molar-refractivity contribution in [3.05, 3.63) is 15.8 Å². The standard InChI is InChI=1S/C14H22O5S/c1-3-5-11-10-12(13(20-11)14(15)16)19-9-8-18-7-4-6-17-2/h10H,3-9H2,1-2H3,(H,15,16). The SMILES string of the molecule is CCCc1cc(OCCOCCCOC)c(C(=O)O)s1. The summed E-state index contributed by atoms with van der Waals surface area (Å²) in [7, 11) is 1.65. The fourth-order valence-corrected chi connectivity index (χ4v) is 2.71. The lowest BCUT2D eigenvalue weighted by Gasteiger charge is -2.06. The molecule has 0 fully saturated rings. The molecule has 0 aliphatic carbocycles. The normalized spacial score (nSPS) is 10.7. The lowest BCUT2D eigenvalue weighted by molar-refractivity contribution is 0.0683. The van der Waals surface area contributed by atoms with Crippen molar-refractivity contribution in [3.8, 4) is 5.75 Å². The molecule has 5 nitrogen and oxygen atoms in total. The van der Waals surface area contributed by atoms with Crippen LogP contribution >= 0.6 is 11.3 Å². The van der Waals surface area contributed by atoms with E-state index in [2.05, 4.69) is 6.92 Å². The Morgan fingerprint density at radius 1 is 1.30 bits per heavy atom. The molecule has 0 aromatic carbocycles. The lowest BCUT2D eigenvalue weighted by Crippen LogP contribution is -2.09. The minimum atomic E-state index is -0.937. The van der Waals surface area contributed by atoms with E-state index in [0.717, 1.165) is 24.1 Å². The van der Waals surface area contributed by atoms with Crippen molar-refractivity contribution in [1.82, 2.24) is 0 Å². The van der Waals surface area contributed by atoms with Gasteiger partial charge in [0.15, 0.2) is 4.88 Å². The summed E-state index contributed by atoms with van der Waals surface area (Å²) in [5.74, 6) is -0.486. The van der Waals surface area contributed by atoms with Gasteiger partial charge in [0.05, 0.1) is 6.61 Å². The van der Waals surface area contributed by atoms with Crippen LogP contribution in [-0.2, 0) is 15.9 Å². The molecule has 114 valence electrons. The first-order chi connectivity index (χ1) is 9.69. The quantitative estimate of drug-likeness (QED) is 0.637. The number of thiophene rings is 1. The number of hydrogen-bond donors (Lipinski definition) is 1. The number of carboxylic acids is 1. The van der Waals surface area contributed by atoms with Gasteiger partial charge in [0.1, 0.15) is 12.4 Å². The summed E-state index contributed by atoms with van der Waals surface area (Å²) in [6.45, 7) is 4.16. The number of hydrogen-bond acceptors (Lipinski definition) is 5. The Hall–Kier alpha value is -1.11. The van der Waals surface area contributed by atoms with Crippen LogP contribution < -0.4 is 4.74 Å². The second-order valence-corrected chi connectivity index (χ2v) is 5.41. The molecule has 0 saturated heterocycles. The van der Waals surface area contributed by atoms with Gasteiger partial charge in [-0.25, -0.2) is 4.79 Å². The van der Waals surface area contributed by atoms with Crippen LogP contribution in [-0.4, -0.2) is 44.6 Å². The second-order valence-electron chi connectivity index (χ2n) is 4.27. The van der Waals surface area contributed by atoms with Gasteiger partial charge in [-0.3, -0.25) is 0 Å². The van der Waals surface area contributed by atoms with Crippen molar-refractivity contribution in [2.45, 2.75) is 26.2 Å². The maximum Gasteiger partial charge on any atom is 0.349 e. The van der Waals surface area contributed by atoms with Crippen molar-refractivity contribution in [1.29, 1.82) is 0 Å². The molecule has 0 saturated carbocycles. The summed E-state index contributed by atoms with van der Waals surface area (Å²) in [4.78, 5) is 12.4. The number of carboxylic acid groups (broad SMARTS) is 1. The molecule has 0 aliphatic rings. The van der Waals surface area contributed by atoms with Crippen molar-refractivity contribution in [2.24, 2.45) is 0 Å². The van der Waals surface area contributed by atoms with Crippen LogP contribution in [0.1, 0.15) is 34.3 Å². The van der Waals surface area contributed by atoms with Gasteiger partial charge in [0.25, 0.3) is 0 Å². The molecule has 1 rings (SSSR count). The largest absolute Gasteiger partial charge is 0.489 e. The first-order valence-electron chi connectivity index (χ1n) is 6.74. The van der Waals surface area contributed by atoms with Gasteiger partial charge in [-0.1, -0.05) is 13.3 Å². The highest BCUT2D eigenvalue weighted by atomic mass is 32.1. The number of rotatable bonds is 11. The topological polar surface area (TPSA) is 65.0 Å². The average Bonchev–Trinajstić information content (AvgIpc) is 2.81. The zero-order valence-corrected chi connectivity index (χ0v) is 12.8. The summed E-state index contributed by atoms with van der Waals surface area (Å²) in [6, 6.07) is 1.82. The van der Waals surface area contributed by atoms with E-state index in [4.69, 9.17) is 19.3 Å². The minimum absolute atomic E-state index is 0.271. The molecule has 0 spiro atoms. The van der Waals surface area contributed by atoms with Crippen LogP contribution in [0.4, 0.5) is 0 Å². The van der Waals surface area contributed by atoms with Crippen molar-refractivity contribution in [3.63, 3.8) is 0 Å². The number of carbonyl (C=O) groups is 1. The highest BCUT2D eigenvalue weighted by Gasteiger charge is 2.16. The summed E-state index contributed by atoms with van der Waals surface area (Å²) in [5.41, 5.74) is 0. The maximum atomic E-state index is 11.1. The average molecular weight is 302 g/mol. The molecule has 0 radical (unpaired) electrons. The second kappa shape index (κ2) is 9.74. The zero-order valence-electron chi connectivity index (χ0n) is 12.0. The highest BCUT2D eigenvalue weighted by Crippen LogP contribution is 2.30. The number of aryl methyl sites for hydroxylation is 1. The molecule has 0 unspecified atom stereocenters. The molecule has 6 heteroatoms. The fourth-order valence-electron chi connectivity index (χ4n) is 1.67. The molecule has 1 aromatic heterocycles. The predicted molar refractivity (Wildman–Crippen MR) is 78.1 cm³/mol. The van der Waals surface area contributed by atoms with Crippen molar-refractivity contribution >= 4 is 17.3 Å². The maximum absolute atomic E-state index is 11.1. The van der Waals surface area contributed by atoms with E-state index >= 15 is 0 Å². The van der Waals surface area contributed by atoms with E-state index in [0.29, 0.717) is 32.2 Å². The van der Waals surface area contributed by atoms with Crippen molar-refractivity contribution < 1.29 is 24.1 Å². The summed E-state index contributed by atoms with van der Waals surface area (Å²) < 4.78 is 15.8. The van der Waals surface area contributed by atoms with E-state index in [1.54, 1.807) is 7.11 Å². The van der Waals surface area contributed by atoms with Crippen LogP contribution in [0.3, 0.4) is 0 Å². The lowest BCUT2D eigenvalue weighted by atomic mass is 10.3. The van der Waals surface area contributed by atoms with Gasteiger partial charge < -0.3 is 19.3 Å². The molecular formula is C14H22O5S. The number of methoxy groups -OCH3 is 1. The third kappa shape index (κ3) is 5.90. The monoisotopic (exact) mass is 302 g/mol. The first kappa shape index (κ1) is 16.9. The summed E-state index contributed by atoms with van der Waals surface area (Å²) in [6.07, 6.45) is 2.71. The highest BCUT2D eigenvalue weighted by molar-refractivity contribution is 7.14. The molecule has 1 aromatic rings. The minimum Gasteiger partial charge on any atom is -0.489 e. The third-order valence-electron chi connectivity index (χ3n) is 2.56. The Morgan fingerprint density at radius 2 is 2.10 bits per heavy atom. The van der Waals surface area contributed by atoms with E-state index in [1.165, 1.54) is 11.3 Å². The Balaban J connectivity index is 2.36. The smallest absolute Gasteiger partial charge is 0.349 e. The molecule has 1 heterocycles. The molecule has 20 heavy (non-hydrogen) atoms. The first-order valence-corrected chi connectivity index (χ1v) is 7.56. The summed E-state index contributed by atoms with van der Waals surface area (Å²) >= 11 is 1.29. The fraction of sp³-hybridized carbons (Fsp3) is 0.643. The Morgan fingerprint density at radius 3 is 2.75 bits per heavy atom. The molecule has 0 bridgehead atoms. The number of aromatic carboxylic acids is 1. The van der Waals surface area contributed by atoms with Crippen LogP contribution in [0.15, 0.2) is 6.07 Å². The third-order valence-corrected chi connectivity index (χ3v) is 3.73.